The smallest absolute Gasteiger partial charge is 0.317 e. The lowest BCUT2D eigenvalue weighted by Gasteiger charge is -2.32. The molecule has 2 amide bonds. The highest BCUT2D eigenvalue weighted by molar-refractivity contribution is 5.74. The zero-order chi connectivity index (χ0) is 18.2. The van der Waals surface area contributed by atoms with Gasteiger partial charge in [0.15, 0.2) is 0 Å². The fraction of sp³-hybridized carbons (Fsp3) is 0.381. The predicted molar refractivity (Wildman–Crippen MR) is 105 cm³/mol. The predicted octanol–water partition coefficient (Wildman–Crippen LogP) is 3.66. The molecule has 0 bridgehead atoms. The third kappa shape index (κ3) is 5.41. The van der Waals surface area contributed by atoms with Gasteiger partial charge in [0.1, 0.15) is 12.4 Å². The van der Waals surface area contributed by atoms with Crippen LogP contribution in [-0.4, -0.2) is 43.2 Å². The zero-order valence-corrected chi connectivity index (χ0v) is 15.3. The lowest BCUT2D eigenvalue weighted by molar-refractivity contribution is 0.181. The third-order valence-electron chi connectivity index (χ3n) is 4.56. The van der Waals surface area contributed by atoms with Crippen molar-refractivity contribution < 1.29 is 9.53 Å². The minimum absolute atomic E-state index is 0.00370. The Morgan fingerprint density at radius 2 is 1.88 bits per heavy atom. The molecule has 3 rings (SSSR count). The van der Waals surface area contributed by atoms with Crippen molar-refractivity contribution in [3.8, 4) is 5.75 Å². The van der Waals surface area contributed by atoms with Gasteiger partial charge in [0, 0.05) is 24.8 Å². The van der Waals surface area contributed by atoms with Crippen LogP contribution in [0, 0.1) is 6.92 Å². The number of likely N-dealkylation sites (tertiary alicyclic amines) is 1. The molecule has 0 unspecified atom stereocenters. The first-order chi connectivity index (χ1) is 12.7. The molecule has 5 nitrogen and oxygen atoms in total. The minimum atomic E-state index is -0.00370. The van der Waals surface area contributed by atoms with E-state index in [4.69, 9.17) is 4.74 Å². The zero-order valence-electron chi connectivity index (χ0n) is 15.3. The highest BCUT2D eigenvalue weighted by Gasteiger charge is 2.22. The summed E-state index contributed by atoms with van der Waals surface area (Å²) in [5, 5.41) is 6.48. The van der Waals surface area contributed by atoms with E-state index in [1.54, 1.807) is 0 Å². The van der Waals surface area contributed by atoms with Crippen molar-refractivity contribution in [2.24, 2.45) is 0 Å². The summed E-state index contributed by atoms with van der Waals surface area (Å²) in [6, 6.07) is 18.6. The molecular formula is C21H27N3O2. The Morgan fingerprint density at radius 3 is 2.62 bits per heavy atom. The van der Waals surface area contributed by atoms with Gasteiger partial charge in [0.05, 0.1) is 6.54 Å². The molecule has 1 aliphatic heterocycles. The molecule has 2 N–H and O–H groups in total. The average molecular weight is 353 g/mol. The lowest BCUT2D eigenvalue weighted by Crippen LogP contribution is -2.47. The molecule has 138 valence electrons. The van der Waals surface area contributed by atoms with Crippen LogP contribution in [0.15, 0.2) is 54.6 Å². The van der Waals surface area contributed by atoms with Gasteiger partial charge >= 0.3 is 6.03 Å². The van der Waals surface area contributed by atoms with Crippen LogP contribution in [0.25, 0.3) is 0 Å². The summed E-state index contributed by atoms with van der Waals surface area (Å²) in [7, 11) is 0. The van der Waals surface area contributed by atoms with E-state index in [1.165, 1.54) is 5.56 Å². The number of nitrogens with zero attached hydrogens (tertiary/aromatic N) is 1. The largest absolute Gasteiger partial charge is 0.492 e. The Balaban J connectivity index is 1.33. The molecular weight excluding hydrogens is 326 g/mol. The van der Waals surface area contributed by atoms with E-state index in [-0.39, 0.29) is 6.03 Å². The van der Waals surface area contributed by atoms with Crippen LogP contribution in [0.3, 0.4) is 0 Å². The number of hydrogen-bond donors (Lipinski definition) is 2. The molecule has 26 heavy (non-hydrogen) atoms. The minimum Gasteiger partial charge on any atom is -0.492 e. The van der Waals surface area contributed by atoms with Gasteiger partial charge in [0.25, 0.3) is 0 Å². The Morgan fingerprint density at radius 1 is 1.12 bits per heavy atom. The van der Waals surface area contributed by atoms with Crippen LogP contribution in [-0.2, 0) is 0 Å². The molecule has 5 heteroatoms. The second-order valence-corrected chi connectivity index (χ2v) is 6.67. The summed E-state index contributed by atoms with van der Waals surface area (Å²) in [5.41, 5.74) is 2.31. The van der Waals surface area contributed by atoms with Crippen LogP contribution in [0.5, 0.6) is 5.75 Å². The van der Waals surface area contributed by atoms with E-state index < -0.39 is 0 Å². The van der Waals surface area contributed by atoms with E-state index in [0.717, 1.165) is 37.4 Å². The first-order valence-corrected chi connectivity index (χ1v) is 9.24. The summed E-state index contributed by atoms with van der Waals surface area (Å²) in [4.78, 5) is 14.2. The second kappa shape index (κ2) is 9.13. The maximum Gasteiger partial charge on any atom is 0.317 e. The molecule has 2 aromatic rings. The third-order valence-corrected chi connectivity index (χ3v) is 4.56. The van der Waals surface area contributed by atoms with E-state index in [9.17, 15) is 4.79 Å². The maximum atomic E-state index is 12.3. The van der Waals surface area contributed by atoms with Crippen molar-refractivity contribution in [2.45, 2.75) is 25.8 Å². The Bertz CT molecular complexity index is 697. The Kier molecular flexibility index (Phi) is 6.36. The second-order valence-electron chi connectivity index (χ2n) is 6.67. The summed E-state index contributed by atoms with van der Waals surface area (Å²) in [6.45, 7) is 4.56. The number of amides is 2. The average Bonchev–Trinajstić information content (AvgIpc) is 2.66. The highest BCUT2D eigenvalue weighted by Crippen LogP contribution is 2.16. The summed E-state index contributed by atoms with van der Waals surface area (Å²) >= 11 is 0. The van der Waals surface area contributed by atoms with Gasteiger partial charge in [-0.15, -0.1) is 0 Å². The Labute approximate surface area is 155 Å². The molecule has 0 aliphatic carbocycles. The van der Waals surface area contributed by atoms with Crippen LogP contribution < -0.4 is 15.4 Å². The number of ether oxygens (including phenoxy) is 1. The SMILES string of the molecule is Cc1cccc(OCCNC(=O)N2CCC(Nc3ccccc3)CC2)c1. The normalized spacial score (nSPS) is 14.7. The number of para-hydroxylation sites is 1. The maximum absolute atomic E-state index is 12.3. The number of aryl methyl sites for hydroxylation is 1. The molecule has 1 saturated heterocycles. The quantitative estimate of drug-likeness (QED) is 0.779. The molecule has 0 spiro atoms. The van der Waals surface area contributed by atoms with E-state index >= 15 is 0 Å². The van der Waals surface area contributed by atoms with Gasteiger partial charge in [-0.3, -0.25) is 0 Å². The number of nitrogens with one attached hydrogen (secondary N) is 2. The molecule has 1 heterocycles. The summed E-state index contributed by atoms with van der Waals surface area (Å²) in [6.07, 6.45) is 1.92. The van der Waals surface area contributed by atoms with Crippen LogP contribution >= 0.6 is 0 Å². The van der Waals surface area contributed by atoms with Crippen LogP contribution in [0.4, 0.5) is 10.5 Å². The first-order valence-electron chi connectivity index (χ1n) is 9.24. The summed E-state index contributed by atoms with van der Waals surface area (Å²) in [5.74, 6) is 0.840. The van der Waals surface area contributed by atoms with Crippen molar-refractivity contribution in [3.05, 3.63) is 60.2 Å². The number of rotatable bonds is 6. The number of carbonyl (C=O) groups is 1. The molecule has 1 aliphatic rings. The van der Waals surface area contributed by atoms with Crippen molar-refractivity contribution in [3.63, 3.8) is 0 Å². The van der Waals surface area contributed by atoms with Gasteiger partial charge in [-0.2, -0.15) is 0 Å². The number of carbonyl (C=O) groups excluding carboxylic acids is 1. The van der Waals surface area contributed by atoms with Gasteiger partial charge in [0.2, 0.25) is 0 Å². The molecule has 0 atom stereocenters. The number of piperidine rings is 1. The van der Waals surface area contributed by atoms with Gasteiger partial charge in [-0.05, 0) is 49.6 Å². The van der Waals surface area contributed by atoms with Crippen molar-refractivity contribution in [2.75, 3.05) is 31.6 Å². The lowest BCUT2D eigenvalue weighted by atomic mass is 10.0. The van der Waals surface area contributed by atoms with Gasteiger partial charge < -0.3 is 20.3 Å². The fourth-order valence-electron chi connectivity index (χ4n) is 3.14. The van der Waals surface area contributed by atoms with Crippen molar-refractivity contribution in [1.82, 2.24) is 10.2 Å². The van der Waals surface area contributed by atoms with Crippen LogP contribution in [0.1, 0.15) is 18.4 Å². The molecule has 0 aromatic heterocycles. The monoisotopic (exact) mass is 353 g/mol. The van der Waals surface area contributed by atoms with Crippen molar-refractivity contribution >= 4 is 11.7 Å². The molecule has 0 saturated carbocycles. The van der Waals surface area contributed by atoms with E-state index in [0.29, 0.717) is 19.2 Å². The van der Waals surface area contributed by atoms with E-state index in [2.05, 4.69) is 22.8 Å². The topological polar surface area (TPSA) is 53.6 Å². The summed E-state index contributed by atoms with van der Waals surface area (Å²) < 4.78 is 5.66. The first kappa shape index (κ1) is 18.1. The van der Waals surface area contributed by atoms with Gasteiger partial charge in [-0.25, -0.2) is 4.79 Å². The Hall–Kier alpha value is -2.69. The number of benzene rings is 2. The fourth-order valence-corrected chi connectivity index (χ4v) is 3.14. The number of anilines is 1. The van der Waals surface area contributed by atoms with Crippen LogP contribution in [0.2, 0.25) is 0 Å². The van der Waals surface area contributed by atoms with Gasteiger partial charge in [-0.1, -0.05) is 30.3 Å². The number of urea groups is 1. The standard InChI is InChI=1S/C21H27N3O2/c1-17-6-5-9-20(16-17)26-15-12-22-21(25)24-13-10-19(11-14-24)23-18-7-3-2-4-8-18/h2-9,16,19,23H,10-15H2,1H3,(H,22,25). The highest BCUT2D eigenvalue weighted by atomic mass is 16.5. The number of hydrogen-bond acceptors (Lipinski definition) is 3. The van der Waals surface area contributed by atoms with E-state index in [1.807, 2.05) is 54.3 Å². The molecule has 0 radical (unpaired) electrons. The molecule has 2 aromatic carbocycles. The van der Waals surface area contributed by atoms with Crippen molar-refractivity contribution in [1.29, 1.82) is 0 Å². The molecule has 1 fully saturated rings.